The SMILES string of the molecule is Cc1ccc(C2=NNC3CC(c4ccc(C#N)cc4)CCN23)cc1NC(=O)c1ccc(NC(C)C)nc1. The molecule has 0 radical (unpaired) electrons. The highest BCUT2D eigenvalue weighted by Gasteiger charge is 2.35. The maximum absolute atomic E-state index is 12.9. The highest BCUT2D eigenvalue weighted by molar-refractivity contribution is 6.06. The molecule has 0 saturated carbocycles. The molecule has 0 spiro atoms. The van der Waals surface area contributed by atoms with Crippen LogP contribution in [-0.4, -0.2) is 40.4 Å². The van der Waals surface area contributed by atoms with E-state index in [1.807, 2.05) is 51.1 Å². The van der Waals surface area contributed by atoms with Crippen LogP contribution in [0.2, 0.25) is 0 Å². The van der Waals surface area contributed by atoms with Crippen LogP contribution in [0.1, 0.15) is 65.2 Å². The predicted molar refractivity (Wildman–Crippen MR) is 145 cm³/mol. The molecule has 1 aromatic heterocycles. The molecule has 2 aliphatic rings. The number of piperidine rings is 1. The summed E-state index contributed by atoms with van der Waals surface area (Å²) in [4.78, 5) is 19.6. The molecule has 8 nitrogen and oxygen atoms in total. The number of pyridine rings is 1. The van der Waals surface area contributed by atoms with Crippen molar-refractivity contribution in [1.29, 1.82) is 5.26 Å². The normalized spacial score (nSPS) is 18.5. The van der Waals surface area contributed by atoms with Crippen molar-refractivity contribution in [2.24, 2.45) is 5.10 Å². The zero-order valence-electron chi connectivity index (χ0n) is 21.3. The Kier molecular flexibility index (Phi) is 6.78. The summed E-state index contributed by atoms with van der Waals surface area (Å²) < 4.78 is 0. The van der Waals surface area contributed by atoms with Crippen LogP contribution in [0, 0.1) is 18.3 Å². The number of aryl methyl sites for hydroxylation is 1. The first-order valence-electron chi connectivity index (χ1n) is 12.7. The number of aromatic nitrogens is 1. The van der Waals surface area contributed by atoms with E-state index in [1.54, 1.807) is 12.3 Å². The van der Waals surface area contributed by atoms with Gasteiger partial charge in [-0.1, -0.05) is 24.3 Å². The molecule has 2 aromatic carbocycles. The van der Waals surface area contributed by atoms with Gasteiger partial charge in [0.15, 0.2) is 5.84 Å². The molecule has 8 heteroatoms. The van der Waals surface area contributed by atoms with Crippen molar-refractivity contribution in [2.45, 2.75) is 51.7 Å². The van der Waals surface area contributed by atoms with E-state index in [9.17, 15) is 4.79 Å². The molecule has 0 aliphatic carbocycles. The number of nitrogens with zero attached hydrogens (tertiary/aromatic N) is 4. The van der Waals surface area contributed by atoms with Crippen LogP contribution in [0.15, 0.2) is 65.9 Å². The summed E-state index contributed by atoms with van der Waals surface area (Å²) in [6, 6.07) is 20.0. The standard InChI is InChI=1S/C29H31N7O/c1-18(2)32-26-11-10-24(17-31-26)29(37)33-25-14-23(7-4-19(25)3)28-35-34-27-15-22(12-13-36(27)28)21-8-5-20(16-30)6-9-21/h4-11,14,17-18,22,27,34H,12-13,15H2,1-3H3,(H,31,32)(H,33,37). The molecule has 188 valence electrons. The van der Waals surface area contributed by atoms with Crippen molar-refractivity contribution in [3.8, 4) is 6.07 Å². The van der Waals surface area contributed by atoms with Gasteiger partial charge in [-0.3, -0.25) is 10.2 Å². The largest absolute Gasteiger partial charge is 0.368 e. The van der Waals surface area contributed by atoms with Gasteiger partial charge in [-0.15, -0.1) is 0 Å². The van der Waals surface area contributed by atoms with E-state index in [0.29, 0.717) is 17.0 Å². The number of amides is 1. The molecule has 3 aromatic rings. The van der Waals surface area contributed by atoms with E-state index < -0.39 is 0 Å². The Morgan fingerprint density at radius 1 is 1.16 bits per heavy atom. The van der Waals surface area contributed by atoms with Gasteiger partial charge in [0.25, 0.3) is 5.91 Å². The van der Waals surface area contributed by atoms with Crippen LogP contribution in [0.4, 0.5) is 11.5 Å². The lowest BCUT2D eigenvalue weighted by Crippen LogP contribution is -2.46. The Balaban J connectivity index is 1.27. The lowest BCUT2D eigenvalue weighted by atomic mass is 9.87. The minimum Gasteiger partial charge on any atom is -0.368 e. The van der Waals surface area contributed by atoms with Gasteiger partial charge >= 0.3 is 0 Å². The number of nitrogens with one attached hydrogen (secondary N) is 3. The Hall–Kier alpha value is -4.38. The quantitative estimate of drug-likeness (QED) is 0.455. The first-order valence-corrected chi connectivity index (χ1v) is 12.7. The number of amidine groups is 1. The fraction of sp³-hybridized carbons (Fsp3) is 0.310. The number of benzene rings is 2. The number of nitriles is 1. The first kappa shape index (κ1) is 24.3. The maximum Gasteiger partial charge on any atom is 0.257 e. The minimum absolute atomic E-state index is 0.118. The van der Waals surface area contributed by atoms with Crippen molar-refractivity contribution in [2.75, 3.05) is 17.2 Å². The third-order valence-corrected chi connectivity index (χ3v) is 6.91. The lowest BCUT2D eigenvalue weighted by molar-refractivity contribution is 0.102. The molecule has 1 fully saturated rings. The molecule has 2 unspecified atom stereocenters. The third-order valence-electron chi connectivity index (χ3n) is 6.91. The second kappa shape index (κ2) is 10.3. The van der Waals surface area contributed by atoms with Crippen molar-refractivity contribution in [3.05, 3.63) is 88.6 Å². The Bertz CT molecular complexity index is 1360. The second-order valence-corrected chi connectivity index (χ2v) is 9.94. The molecule has 2 aliphatic heterocycles. The van der Waals surface area contributed by atoms with E-state index >= 15 is 0 Å². The summed E-state index contributed by atoms with van der Waals surface area (Å²) in [6.45, 7) is 6.94. The van der Waals surface area contributed by atoms with Crippen LogP contribution in [-0.2, 0) is 0 Å². The fourth-order valence-corrected chi connectivity index (χ4v) is 4.90. The second-order valence-electron chi connectivity index (χ2n) is 9.94. The van der Waals surface area contributed by atoms with Gasteiger partial charge in [0, 0.05) is 30.0 Å². The average molecular weight is 494 g/mol. The maximum atomic E-state index is 12.9. The van der Waals surface area contributed by atoms with Gasteiger partial charge in [0.2, 0.25) is 0 Å². The van der Waals surface area contributed by atoms with E-state index in [2.05, 4.69) is 55.3 Å². The van der Waals surface area contributed by atoms with Crippen molar-refractivity contribution in [3.63, 3.8) is 0 Å². The molecule has 3 N–H and O–H groups in total. The number of rotatable bonds is 6. The van der Waals surface area contributed by atoms with Crippen LogP contribution < -0.4 is 16.1 Å². The number of hydrazone groups is 1. The predicted octanol–water partition coefficient (Wildman–Crippen LogP) is 4.80. The smallest absolute Gasteiger partial charge is 0.257 e. The molecule has 37 heavy (non-hydrogen) atoms. The van der Waals surface area contributed by atoms with E-state index in [4.69, 9.17) is 5.26 Å². The number of hydrogen-bond acceptors (Lipinski definition) is 7. The van der Waals surface area contributed by atoms with E-state index in [0.717, 1.165) is 47.9 Å². The highest BCUT2D eigenvalue weighted by Crippen LogP contribution is 2.34. The molecule has 0 bridgehead atoms. The van der Waals surface area contributed by atoms with Gasteiger partial charge in [-0.05, 0) is 81.0 Å². The monoisotopic (exact) mass is 493 g/mol. The zero-order chi connectivity index (χ0) is 25.9. The number of fused-ring (bicyclic) bond motifs is 1. The highest BCUT2D eigenvalue weighted by atomic mass is 16.1. The van der Waals surface area contributed by atoms with Crippen LogP contribution in [0.5, 0.6) is 0 Å². The van der Waals surface area contributed by atoms with Gasteiger partial charge in [-0.25, -0.2) is 4.98 Å². The van der Waals surface area contributed by atoms with Crippen molar-refractivity contribution >= 4 is 23.2 Å². The summed E-state index contributed by atoms with van der Waals surface area (Å²) in [7, 11) is 0. The topological polar surface area (TPSA) is 105 Å². The summed E-state index contributed by atoms with van der Waals surface area (Å²) in [6.07, 6.45) is 3.65. The molecular formula is C29H31N7O. The van der Waals surface area contributed by atoms with Crippen LogP contribution in [0.25, 0.3) is 0 Å². The van der Waals surface area contributed by atoms with E-state index in [1.165, 1.54) is 5.56 Å². The van der Waals surface area contributed by atoms with Gasteiger partial charge < -0.3 is 15.5 Å². The fourth-order valence-electron chi connectivity index (χ4n) is 4.90. The Morgan fingerprint density at radius 3 is 2.68 bits per heavy atom. The summed E-state index contributed by atoms with van der Waals surface area (Å²) >= 11 is 0. The molecular weight excluding hydrogens is 462 g/mol. The van der Waals surface area contributed by atoms with Crippen LogP contribution in [0.3, 0.4) is 0 Å². The number of hydrogen-bond donors (Lipinski definition) is 3. The summed E-state index contributed by atoms with van der Waals surface area (Å²) in [5.41, 5.74) is 8.45. The molecule has 3 heterocycles. The zero-order valence-corrected chi connectivity index (χ0v) is 21.3. The summed E-state index contributed by atoms with van der Waals surface area (Å²) in [5, 5.41) is 20.0. The minimum atomic E-state index is -0.198. The van der Waals surface area contributed by atoms with Gasteiger partial charge in [0.1, 0.15) is 12.0 Å². The molecule has 5 rings (SSSR count). The Labute approximate surface area is 217 Å². The molecule has 2 atom stereocenters. The van der Waals surface area contributed by atoms with Gasteiger partial charge in [0.05, 0.1) is 17.2 Å². The number of carbonyl (C=O) groups excluding carboxylic acids is 1. The first-order chi connectivity index (χ1) is 17.9. The number of anilines is 2. The van der Waals surface area contributed by atoms with Crippen molar-refractivity contribution in [1.82, 2.24) is 15.3 Å². The molecule has 1 saturated heterocycles. The molecule has 1 amide bonds. The van der Waals surface area contributed by atoms with Crippen molar-refractivity contribution < 1.29 is 4.79 Å². The van der Waals surface area contributed by atoms with Gasteiger partial charge in [-0.2, -0.15) is 10.4 Å². The van der Waals surface area contributed by atoms with Crippen LogP contribution >= 0.6 is 0 Å². The number of carbonyl (C=O) groups is 1. The average Bonchev–Trinajstić information content (AvgIpc) is 3.33. The van der Waals surface area contributed by atoms with E-state index in [-0.39, 0.29) is 18.1 Å². The summed E-state index contributed by atoms with van der Waals surface area (Å²) in [5.74, 6) is 1.86. The third kappa shape index (κ3) is 5.26. The lowest BCUT2D eigenvalue weighted by Gasteiger charge is -2.36. The Morgan fingerprint density at radius 2 is 1.97 bits per heavy atom.